The molecule has 0 bridgehead atoms. The normalized spacial score (nSPS) is 22.4. The lowest BCUT2D eigenvalue weighted by Crippen LogP contribution is -2.29. The first-order valence-electron chi connectivity index (χ1n) is 7.34. The van der Waals surface area contributed by atoms with E-state index in [1.165, 1.54) is 11.8 Å². The molecule has 2 heterocycles. The van der Waals surface area contributed by atoms with E-state index in [2.05, 4.69) is 11.0 Å². The fraction of sp³-hybridized carbons (Fsp3) is 0.600. The standard InChI is InChI=1S/C15H21NO4S/c1-21(17,18)10-7-16-6-2-3-13(16)12-4-5-14-15(11-12)20-9-8-19-14/h4-5,11,13H,2-3,6-10H2,1H3/t13-/m1/s1. The number of rotatable bonds is 4. The van der Waals surface area contributed by atoms with Gasteiger partial charge >= 0.3 is 0 Å². The van der Waals surface area contributed by atoms with E-state index in [0.717, 1.165) is 30.9 Å². The fourth-order valence-electron chi connectivity index (χ4n) is 3.02. The van der Waals surface area contributed by atoms with E-state index in [9.17, 15) is 8.42 Å². The third kappa shape index (κ3) is 3.49. The second kappa shape index (κ2) is 5.85. The van der Waals surface area contributed by atoms with Crippen molar-refractivity contribution in [2.24, 2.45) is 0 Å². The second-order valence-electron chi connectivity index (χ2n) is 5.73. The molecule has 0 saturated carbocycles. The maximum absolute atomic E-state index is 11.4. The Kier molecular flexibility index (Phi) is 4.08. The summed E-state index contributed by atoms with van der Waals surface area (Å²) in [6.07, 6.45) is 3.45. The van der Waals surface area contributed by atoms with E-state index in [1.807, 2.05) is 12.1 Å². The van der Waals surface area contributed by atoms with Gasteiger partial charge < -0.3 is 9.47 Å². The van der Waals surface area contributed by atoms with Gasteiger partial charge in [-0.05, 0) is 37.1 Å². The molecule has 0 aliphatic carbocycles. The van der Waals surface area contributed by atoms with Gasteiger partial charge in [0.05, 0.1) is 5.75 Å². The molecule has 0 radical (unpaired) electrons. The Hall–Kier alpha value is -1.27. The molecule has 1 fully saturated rings. The van der Waals surface area contributed by atoms with Crippen molar-refractivity contribution in [3.8, 4) is 11.5 Å². The van der Waals surface area contributed by atoms with Crippen molar-refractivity contribution in [1.29, 1.82) is 0 Å². The third-order valence-corrected chi connectivity index (χ3v) is 4.99. The molecule has 0 amide bonds. The molecule has 0 spiro atoms. The Bertz CT molecular complexity index is 614. The summed E-state index contributed by atoms with van der Waals surface area (Å²) in [6.45, 7) is 2.72. The summed E-state index contributed by atoms with van der Waals surface area (Å²) in [6, 6.07) is 6.34. The predicted octanol–water partition coefficient (Wildman–Crippen LogP) is 1.64. The van der Waals surface area contributed by atoms with Crippen LogP contribution in [0.5, 0.6) is 11.5 Å². The number of hydrogen-bond donors (Lipinski definition) is 0. The molecule has 2 aliphatic rings. The molecule has 6 heteroatoms. The van der Waals surface area contributed by atoms with Gasteiger partial charge in [0.1, 0.15) is 23.1 Å². The van der Waals surface area contributed by atoms with Gasteiger partial charge in [0, 0.05) is 18.8 Å². The number of likely N-dealkylation sites (tertiary alicyclic amines) is 1. The average molecular weight is 311 g/mol. The van der Waals surface area contributed by atoms with E-state index in [4.69, 9.17) is 9.47 Å². The monoisotopic (exact) mass is 311 g/mol. The highest BCUT2D eigenvalue weighted by molar-refractivity contribution is 7.90. The minimum absolute atomic E-state index is 0.216. The SMILES string of the molecule is CS(=O)(=O)CCN1CCC[C@@H]1c1ccc2c(c1)OCCO2. The van der Waals surface area contributed by atoms with Crippen LogP contribution in [0.2, 0.25) is 0 Å². The lowest BCUT2D eigenvalue weighted by atomic mass is 10.0. The molecule has 1 atom stereocenters. The van der Waals surface area contributed by atoms with Crippen molar-refractivity contribution in [2.75, 3.05) is 38.3 Å². The maximum Gasteiger partial charge on any atom is 0.161 e. The van der Waals surface area contributed by atoms with Crippen LogP contribution in [-0.2, 0) is 9.84 Å². The highest BCUT2D eigenvalue weighted by Gasteiger charge is 2.27. The summed E-state index contributed by atoms with van der Waals surface area (Å²) in [7, 11) is -2.92. The Morgan fingerprint density at radius 3 is 2.76 bits per heavy atom. The average Bonchev–Trinajstić information content (AvgIpc) is 2.92. The van der Waals surface area contributed by atoms with Gasteiger partial charge in [0.2, 0.25) is 0 Å². The molecular formula is C15H21NO4S. The van der Waals surface area contributed by atoms with Crippen LogP contribution in [0.1, 0.15) is 24.4 Å². The van der Waals surface area contributed by atoms with Gasteiger partial charge in [-0.1, -0.05) is 6.07 Å². The molecule has 0 unspecified atom stereocenters. The summed E-state index contributed by atoms with van der Waals surface area (Å²) in [5, 5.41) is 0. The first kappa shape index (κ1) is 14.7. The third-order valence-electron chi connectivity index (χ3n) is 4.06. The van der Waals surface area contributed by atoms with Crippen molar-refractivity contribution in [3.63, 3.8) is 0 Å². The molecule has 2 aliphatic heterocycles. The van der Waals surface area contributed by atoms with Crippen molar-refractivity contribution in [1.82, 2.24) is 4.90 Å². The number of nitrogens with zero attached hydrogens (tertiary/aromatic N) is 1. The second-order valence-corrected chi connectivity index (χ2v) is 7.99. The van der Waals surface area contributed by atoms with Gasteiger partial charge in [0.15, 0.2) is 11.5 Å². The first-order chi connectivity index (χ1) is 10.0. The van der Waals surface area contributed by atoms with E-state index in [-0.39, 0.29) is 11.8 Å². The van der Waals surface area contributed by atoms with E-state index >= 15 is 0 Å². The number of sulfone groups is 1. The van der Waals surface area contributed by atoms with Crippen LogP contribution in [0.15, 0.2) is 18.2 Å². The molecule has 3 rings (SSSR count). The molecule has 1 aromatic rings. The quantitative estimate of drug-likeness (QED) is 0.846. The van der Waals surface area contributed by atoms with Crippen LogP contribution in [0.25, 0.3) is 0 Å². The minimum Gasteiger partial charge on any atom is -0.486 e. The maximum atomic E-state index is 11.4. The lowest BCUT2D eigenvalue weighted by molar-refractivity contribution is 0.170. The van der Waals surface area contributed by atoms with Crippen LogP contribution in [0.4, 0.5) is 0 Å². The summed E-state index contributed by atoms with van der Waals surface area (Å²) in [5.74, 6) is 1.81. The highest BCUT2D eigenvalue weighted by atomic mass is 32.2. The molecular weight excluding hydrogens is 290 g/mol. The molecule has 0 aromatic heterocycles. The topological polar surface area (TPSA) is 55.8 Å². The van der Waals surface area contributed by atoms with Gasteiger partial charge in [-0.3, -0.25) is 4.90 Å². The van der Waals surface area contributed by atoms with Crippen molar-refractivity contribution in [3.05, 3.63) is 23.8 Å². The van der Waals surface area contributed by atoms with Gasteiger partial charge in [-0.2, -0.15) is 0 Å². The summed E-state index contributed by atoms with van der Waals surface area (Å²) in [5.41, 5.74) is 1.19. The zero-order chi connectivity index (χ0) is 14.9. The van der Waals surface area contributed by atoms with E-state index in [1.54, 1.807) is 0 Å². The summed E-state index contributed by atoms with van der Waals surface area (Å²) in [4.78, 5) is 2.26. The number of hydrogen-bond acceptors (Lipinski definition) is 5. The number of ether oxygens (including phenoxy) is 2. The lowest BCUT2D eigenvalue weighted by Gasteiger charge is -2.26. The molecule has 1 aromatic carbocycles. The number of fused-ring (bicyclic) bond motifs is 1. The smallest absolute Gasteiger partial charge is 0.161 e. The van der Waals surface area contributed by atoms with Crippen LogP contribution in [-0.4, -0.2) is 51.6 Å². The molecule has 1 saturated heterocycles. The molecule has 21 heavy (non-hydrogen) atoms. The van der Waals surface area contributed by atoms with Crippen molar-refractivity contribution >= 4 is 9.84 Å². The Labute approximate surface area is 125 Å². The van der Waals surface area contributed by atoms with Crippen LogP contribution >= 0.6 is 0 Å². The first-order valence-corrected chi connectivity index (χ1v) is 9.40. The van der Waals surface area contributed by atoms with Gasteiger partial charge in [-0.15, -0.1) is 0 Å². The largest absolute Gasteiger partial charge is 0.486 e. The van der Waals surface area contributed by atoms with Crippen LogP contribution in [0.3, 0.4) is 0 Å². The van der Waals surface area contributed by atoms with Crippen molar-refractivity contribution < 1.29 is 17.9 Å². The fourth-order valence-corrected chi connectivity index (χ4v) is 3.59. The highest BCUT2D eigenvalue weighted by Crippen LogP contribution is 2.37. The zero-order valence-corrected chi connectivity index (χ0v) is 13.1. The predicted molar refractivity (Wildman–Crippen MR) is 80.7 cm³/mol. The Morgan fingerprint density at radius 2 is 2.00 bits per heavy atom. The summed E-state index contributed by atoms with van der Waals surface area (Å²) < 4.78 is 33.9. The Balaban J connectivity index is 1.75. The zero-order valence-electron chi connectivity index (χ0n) is 12.2. The van der Waals surface area contributed by atoms with E-state index < -0.39 is 9.84 Å². The molecule has 116 valence electrons. The van der Waals surface area contributed by atoms with Gasteiger partial charge in [-0.25, -0.2) is 8.42 Å². The molecule has 5 nitrogen and oxygen atoms in total. The van der Waals surface area contributed by atoms with Crippen molar-refractivity contribution in [2.45, 2.75) is 18.9 Å². The molecule has 0 N–H and O–H groups in total. The number of benzene rings is 1. The van der Waals surface area contributed by atoms with E-state index in [0.29, 0.717) is 19.8 Å². The Morgan fingerprint density at radius 1 is 1.24 bits per heavy atom. The van der Waals surface area contributed by atoms with Gasteiger partial charge in [0.25, 0.3) is 0 Å². The summed E-state index contributed by atoms with van der Waals surface area (Å²) >= 11 is 0. The van der Waals surface area contributed by atoms with Crippen LogP contribution in [0, 0.1) is 0 Å². The minimum atomic E-state index is -2.92. The van der Waals surface area contributed by atoms with Crippen LogP contribution < -0.4 is 9.47 Å².